The molecule has 0 amide bonds. The SMILES string of the molecule is Cc1nc([C@H]2CCCN2C[C@H](O)c2ccc(C)c(C)c2)no1. The Kier molecular flexibility index (Phi) is 4.27. The fraction of sp³-hybridized carbons (Fsp3) is 0.529. The van der Waals surface area contributed by atoms with E-state index in [1.165, 1.54) is 11.1 Å². The minimum Gasteiger partial charge on any atom is -0.387 e. The van der Waals surface area contributed by atoms with E-state index in [2.05, 4.69) is 41.0 Å². The molecule has 0 radical (unpaired) electrons. The van der Waals surface area contributed by atoms with Crippen LogP contribution in [0.5, 0.6) is 0 Å². The number of aromatic nitrogens is 2. The van der Waals surface area contributed by atoms with Gasteiger partial charge in [-0.1, -0.05) is 23.4 Å². The first-order chi connectivity index (χ1) is 10.5. The molecule has 1 aromatic heterocycles. The van der Waals surface area contributed by atoms with E-state index in [9.17, 15) is 5.11 Å². The number of rotatable bonds is 4. The predicted molar refractivity (Wildman–Crippen MR) is 83.5 cm³/mol. The van der Waals surface area contributed by atoms with Crippen LogP contribution < -0.4 is 0 Å². The van der Waals surface area contributed by atoms with Crippen molar-refractivity contribution in [3.8, 4) is 0 Å². The van der Waals surface area contributed by atoms with Crippen LogP contribution in [0.1, 0.15) is 53.4 Å². The van der Waals surface area contributed by atoms with Crippen molar-refractivity contribution in [1.29, 1.82) is 0 Å². The molecule has 0 saturated carbocycles. The van der Waals surface area contributed by atoms with Crippen LogP contribution in [0, 0.1) is 20.8 Å². The minimum atomic E-state index is -0.493. The number of likely N-dealkylation sites (tertiary alicyclic amines) is 1. The molecule has 2 heterocycles. The lowest BCUT2D eigenvalue weighted by Crippen LogP contribution is -2.29. The Morgan fingerprint density at radius 3 is 2.82 bits per heavy atom. The molecule has 1 N–H and O–H groups in total. The summed E-state index contributed by atoms with van der Waals surface area (Å²) >= 11 is 0. The van der Waals surface area contributed by atoms with Gasteiger partial charge in [-0.05, 0) is 49.9 Å². The molecule has 5 nitrogen and oxygen atoms in total. The van der Waals surface area contributed by atoms with Gasteiger partial charge in [0.25, 0.3) is 0 Å². The molecule has 1 aliphatic heterocycles. The molecule has 3 rings (SSSR count). The number of benzene rings is 1. The molecule has 1 aromatic carbocycles. The standard InChI is InChI=1S/C17H23N3O2/c1-11-6-7-14(9-12(11)2)16(21)10-20-8-4-5-15(20)17-18-13(3)22-19-17/h6-7,9,15-16,21H,4-5,8,10H2,1-3H3/t15-,16+/m1/s1. The van der Waals surface area contributed by atoms with E-state index in [1.807, 2.05) is 6.07 Å². The van der Waals surface area contributed by atoms with Crippen molar-refractivity contribution in [3.63, 3.8) is 0 Å². The number of aliphatic hydroxyl groups excluding tert-OH is 1. The maximum Gasteiger partial charge on any atom is 0.223 e. The van der Waals surface area contributed by atoms with Crippen LogP contribution >= 0.6 is 0 Å². The number of hydrogen-bond acceptors (Lipinski definition) is 5. The Labute approximate surface area is 131 Å². The summed E-state index contributed by atoms with van der Waals surface area (Å²) in [6, 6.07) is 6.30. The van der Waals surface area contributed by atoms with E-state index in [0.717, 1.165) is 30.8 Å². The minimum absolute atomic E-state index is 0.152. The molecular formula is C17H23N3O2. The van der Waals surface area contributed by atoms with Crippen LogP contribution in [0.2, 0.25) is 0 Å². The lowest BCUT2D eigenvalue weighted by molar-refractivity contribution is 0.103. The molecule has 0 spiro atoms. The van der Waals surface area contributed by atoms with Crippen molar-refractivity contribution in [2.24, 2.45) is 0 Å². The lowest BCUT2D eigenvalue weighted by atomic mass is 10.0. The lowest BCUT2D eigenvalue weighted by Gasteiger charge is -2.25. The van der Waals surface area contributed by atoms with Crippen molar-refractivity contribution in [2.75, 3.05) is 13.1 Å². The molecule has 0 unspecified atom stereocenters. The van der Waals surface area contributed by atoms with Gasteiger partial charge in [0.2, 0.25) is 5.89 Å². The van der Waals surface area contributed by atoms with Crippen molar-refractivity contribution in [2.45, 2.75) is 45.8 Å². The largest absolute Gasteiger partial charge is 0.387 e. The molecule has 1 fully saturated rings. The van der Waals surface area contributed by atoms with E-state index in [4.69, 9.17) is 4.52 Å². The van der Waals surface area contributed by atoms with E-state index >= 15 is 0 Å². The predicted octanol–water partition coefficient (Wildman–Crippen LogP) is 2.87. The average Bonchev–Trinajstić information content (AvgIpc) is 3.10. The Hall–Kier alpha value is -1.72. The van der Waals surface area contributed by atoms with Gasteiger partial charge in [-0.15, -0.1) is 0 Å². The van der Waals surface area contributed by atoms with E-state index in [-0.39, 0.29) is 6.04 Å². The highest BCUT2D eigenvalue weighted by atomic mass is 16.5. The number of β-amino-alcohol motifs (C(OH)–C–C–N with tert-alkyl or cyclic N) is 1. The van der Waals surface area contributed by atoms with Crippen molar-refractivity contribution in [1.82, 2.24) is 15.0 Å². The topological polar surface area (TPSA) is 62.4 Å². The van der Waals surface area contributed by atoms with Gasteiger partial charge in [0.1, 0.15) is 0 Å². The van der Waals surface area contributed by atoms with Crippen LogP contribution in [-0.4, -0.2) is 33.2 Å². The van der Waals surface area contributed by atoms with Gasteiger partial charge >= 0.3 is 0 Å². The van der Waals surface area contributed by atoms with Gasteiger partial charge in [-0.2, -0.15) is 4.98 Å². The molecule has 1 saturated heterocycles. The summed E-state index contributed by atoms with van der Waals surface area (Å²) in [5, 5.41) is 14.6. The van der Waals surface area contributed by atoms with E-state index in [0.29, 0.717) is 12.4 Å². The molecule has 1 aliphatic rings. The van der Waals surface area contributed by atoms with E-state index < -0.39 is 6.10 Å². The Balaban J connectivity index is 1.72. The summed E-state index contributed by atoms with van der Waals surface area (Å²) in [6.07, 6.45) is 1.61. The second-order valence-electron chi connectivity index (χ2n) is 6.18. The number of hydrogen-bond donors (Lipinski definition) is 1. The van der Waals surface area contributed by atoms with Gasteiger partial charge in [0, 0.05) is 13.5 Å². The first-order valence-corrected chi connectivity index (χ1v) is 7.84. The third-order valence-electron chi connectivity index (χ3n) is 4.53. The summed E-state index contributed by atoms with van der Waals surface area (Å²) in [6.45, 7) is 7.52. The highest BCUT2D eigenvalue weighted by Gasteiger charge is 2.31. The zero-order chi connectivity index (χ0) is 15.7. The monoisotopic (exact) mass is 301 g/mol. The Bertz CT molecular complexity index is 653. The fourth-order valence-corrected chi connectivity index (χ4v) is 3.09. The van der Waals surface area contributed by atoms with Crippen LogP contribution in [0.15, 0.2) is 22.7 Å². The molecule has 118 valence electrons. The zero-order valence-electron chi connectivity index (χ0n) is 13.4. The van der Waals surface area contributed by atoms with Gasteiger partial charge < -0.3 is 9.63 Å². The fourth-order valence-electron chi connectivity index (χ4n) is 3.09. The smallest absolute Gasteiger partial charge is 0.223 e. The summed E-state index contributed by atoms with van der Waals surface area (Å²) in [5.74, 6) is 1.33. The van der Waals surface area contributed by atoms with Crippen LogP contribution in [0.25, 0.3) is 0 Å². The number of aryl methyl sites for hydroxylation is 3. The summed E-state index contributed by atoms with van der Waals surface area (Å²) in [7, 11) is 0. The Morgan fingerprint density at radius 2 is 2.14 bits per heavy atom. The van der Waals surface area contributed by atoms with Crippen molar-refractivity contribution in [3.05, 3.63) is 46.6 Å². The molecule has 5 heteroatoms. The maximum absolute atomic E-state index is 10.6. The molecule has 0 aliphatic carbocycles. The molecular weight excluding hydrogens is 278 g/mol. The van der Waals surface area contributed by atoms with Gasteiger partial charge in [-0.25, -0.2) is 0 Å². The third-order valence-corrected chi connectivity index (χ3v) is 4.53. The highest BCUT2D eigenvalue weighted by Crippen LogP contribution is 2.32. The third kappa shape index (κ3) is 3.05. The van der Waals surface area contributed by atoms with E-state index in [1.54, 1.807) is 6.92 Å². The Morgan fingerprint density at radius 1 is 1.32 bits per heavy atom. The van der Waals surface area contributed by atoms with Crippen molar-refractivity contribution < 1.29 is 9.63 Å². The van der Waals surface area contributed by atoms with Crippen molar-refractivity contribution >= 4 is 0 Å². The number of aliphatic hydroxyl groups is 1. The van der Waals surface area contributed by atoms with Crippen LogP contribution in [-0.2, 0) is 0 Å². The molecule has 22 heavy (non-hydrogen) atoms. The normalized spacial score (nSPS) is 20.5. The summed E-state index contributed by atoms with van der Waals surface area (Å²) < 4.78 is 5.09. The van der Waals surface area contributed by atoms with Gasteiger partial charge in [0.15, 0.2) is 5.82 Å². The summed E-state index contributed by atoms with van der Waals surface area (Å²) in [5.41, 5.74) is 3.43. The van der Waals surface area contributed by atoms with Crippen LogP contribution in [0.4, 0.5) is 0 Å². The highest BCUT2D eigenvalue weighted by molar-refractivity contribution is 5.31. The van der Waals surface area contributed by atoms with Gasteiger partial charge in [0.05, 0.1) is 12.1 Å². The molecule has 2 aromatic rings. The molecule has 2 atom stereocenters. The second-order valence-corrected chi connectivity index (χ2v) is 6.18. The van der Waals surface area contributed by atoms with Crippen LogP contribution in [0.3, 0.4) is 0 Å². The average molecular weight is 301 g/mol. The quantitative estimate of drug-likeness (QED) is 0.941. The maximum atomic E-state index is 10.6. The zero-order valence-corrected chi connectivity index (χ0v) is 13.4. The van der Waals surface area contributed by atoms with Gasteiger partial charge in [-0.3, -0.25) is 4.90 Å². The number of nitrogens with zero attached hydrogens (tertiary/aromatic N) is 3. The first-order valence-electron chi connectivity index (χ1n) is 7.84. The first kappa shape index (κ1) is 15.2. The second kappa shape index (κ2) is 6.18. The summed E-state index contributed by atoms with van der Waals surface area (Å²) in [4.78, 5) is 6.60. The molecule has 0 bridgehead atoms.